The molecule has 3 rings (SSSR count). The molecule has 27 heavy (non-hydrogen) atoms. The maximum absolute atomic E-state index is 12.4. The van der Waals surface area contributed by atoms with Gasteiger partial charge in [-0.05, 0) is 39.6 Å². The first-order chi connectivity index (χ1) is 13.0. The second-order valence-electron chi connectivity index (χ2n) is 7.17. The van der Waals surface area contributed by atoms with Crippen LogP contribution in [0.2, 0.25) is 0 Å². The third-order valence-electron chi connectivity index (χ3n) is 4.43. The van der Waals surface area contributed by atoms with E-state index in [1.165, 1.54) is 0 Å². The van der Waals surface area contributed by atoms with Crippen LogP contribution < -0.4 is 36.1 Å². The van der Waals surface area contributed by atoms with Crippen LogP contribution >= 0.6 is 0 Å². The van der Waals surface area contributed by atoms with Gasteiger partial charge in [0, 0.05) is 30.9 Å². The molecule has 0 saturated carbocycles. The SMILES string of the molecule is CC1CC(NCCN(C)C)NC(NC(=O)Nc2ccc3c(c2)OCCO3)N1. The molecule has 1 fully saturated rings. The molecule has 1 aromatic carbocycles. The van der Waals surface area contributed by atoms with Crippen LogP contribution in [-0.4, -0.2) is 69.8 Å². The molecule has 2 aliphatic heterocycles. The summed E-state index contributed by atoms with van der Waals surface area (Å²) in [5, 5.41) is 15.9. The van der Waals surface area contributed by atoms with E-state index in [0.29, 0.717) is 30.4 Å². The predicted molar refractivity (Wildman–Crippen MR) is 104 cm³/mol. The van der Waals surface area contributed by atoms with Crippen molar-refractivity contribution < 1.29 is 14.3 Å². The number of carbonyl (C=O) groups excluding carboxylic acids is 1. The molecule has 1 aromatic rings. The lowest BCUT2D eigenvalue weighted by Crippen LogP contribution is -2.68. The molecule has 2 heterocycles. The number of anilines is 1. The summed E-state index contributed by atoms with van der Waals surface area (Å²) in [4.78, 5) is 14.5. The summed E-state index contributed by atoms with van der Waals surface area (Å²) >= 11 is 0. The summed E-state index contributed by atoms with van der Waals surface area (Å²) in [6.07, 6.45) is 0.763. The van der Waals surface area contributed by atoms with Gasteiger partial charge < -0.3 is 30.3 Å². The first-order valence-corrected chi connectivity index (χ1v) is 9.37. The van der Waals surface area contributed by atoms with Gasteiger partial charge in [0.2, 0.25) is 0 Å². The summed E-state index contributed by atoms with van der Waals surface area (Å²) in [6, 6.07) is 5.35. The van der Waals surface area contributed by atoms with E-state index in [0.717, 1.165) is 19.5 Å². The Morgan fingerprint density at radius 1 is 1.22 bits per heavy atom. The molecular weight excluding hydrogens is 348 g/mol. The zero-order valence-corrected chi connectivity index (χ0v) is 16.2. The van der Waals surface area contributed by atoms with Gasteiger partial charge in [-0.25, -0.2) is 4.79 Å². The van der Waals surface area contributed by atoms with E-state index in [9.17, 15) is 4.79 Å². The van der Waals surface area contributed by atoms with Gasteiger partial charge >= 0.3 is 6.03 Å². The number of rotatable bonds is 6. The molecule has 0 aliphatic carbocycles. The monoisotopic (exact) mass is 378 g/mol. The fourth-order valence-electron chi connectivity index (χ4n) is 3.13. The quantitative estimate of drug-likeness (QED) is 0.486. The van der Waals surface area contributed by atoms with E-state index < -0.39 is 0 Å². The van der Waals surface area contributed by atoms with Crippen molar-refractivity contribution in [2.75, 3.05) is 45.7 Å². The fraction of sp³-hybridized carbons (Fsp3) is 0.611. The average Bonchev–Trinajstić information content (AvgIpc) is 2.60. The molecule has 2 aliphatic rings. The van der Waals surface area contributed by atoms with Crippen LogP contribution in [0.15, 0.2) is 18.2 Å². The van der Waals surface area contributed by atoms with Crippen molar-refractivity contribution in [1.29, 1.82) is 0 Å². The lowest BCUT2D eigenvalue weighted by atomic mass is 10.1. The molecule has 3 unspecified atom stereocenters. The fourth-order valence-corrected chi connectivity index (χ4v) is 3.13. The van der Waals surface area contributed by atoms with Crippen LogP contribution in [0.1, 0.15) is 13.3 Å². The van der Waals surface area contributed by atoms with Crippen LogP contribution in [-0.2, 0) is 0 Å². The highest BCUT2D eigenvalue weighted by Crippen LogP contribution is 2.32. The van der Waals surface area contributed by atoms with Gasteiger partial charge in [-0.2, -0.15) is 0 Å². The van der Waals surface area contributed by atoms with Crippen molar-refractivity contribution >= 4 is 11.7 Å². The van der Waals surface area contributed by atoms with Crippen LogP contribution in [0, 0.1) is 0 Å². The summed E-state index contributed by atoms with van der Waals surface area (Å²) in [7, 11) is 4.10. The molecule has 9 heteroatoms. The van der Waals surface area contributed by atoms with Crippen molar-refractivity contribution in [2.45, 2.75) is 31.8 Å². The standard InChI is InChI=1S/C18H30N6O3/c1-12-10-16(19-6-7-24(2)3)22-17(20-12)23-18(25)21-13-4-5-14-15(11-13)27-9-8-26-14/h4-5,11-12,16-17,19-20,22H,6-10H2,1-3H3,(H2,21,23,25). The lowest BCUT2D eigenvalue weighted by Gasteiger charge is -2.37. The van der Waals surface area contributed by atoms with Gasteiger partial charge in [0.1, 0.15) is 19.5 Å². The second kappa shape index (κ2) is 9.23. The molecule has 5 N–H and O–H groups in total. The lowest BCUT2D eigenvalue weighted by molar-refractivity contribution is 0.171. The van der Waals surface area contributed by atoms with Gasteiger partial charge in [0.25, 0.3) is 0 Å². The Labute approximate surface area is 160 Å². The third-order valence-corrected chi connectivity index (χ3v) is 4.43. The topological polar surface area (TPSA) is 98.9 Å². The Morgan fingerprint density at radius 2 is 2.00 bits per heavy atom. The number of ether oxygens (including phenoxy) is 2. The molecule has 3 atom stereocenters. The van der Waals surface area contributed by atoms with E-state index in [2.05, 4.69) is 38.4 Å². The summed E-state index contributed by atoms with van der Waals surface area (Å²) in [5.41, 5.74) is 0.654. The highest BCUT2D eigenvalue weighted by atomic mass is 16.6. The van der Waals surface area contributed by atoms with Crippen LogP contribution in [0.5, 0.6) is 11.5 Å². The molecule has 2 amide bonds. The molecule has 150 valence electrons. The van der Waals surface area contributed by atoms with E-state index in [1.807, 2.05) is 14.1 Å². The number of likely N-dealkylation sites (N-methyl/N-ethyl adjacent to an activating group) is 1. The zero-order chi connectivity index (χ0) is 19.2. The number of carbonyl (C=O) groups is 1. The number of nitrogens with zero attached hydrogens (tertiary/aromatic N) is 1. The maximum Gasteiger partial charge on any atom is 0.321 e. The summed E-state index contributed by atoms with van der Waals surface area (Å²) < 4.78 is 11.0. The molecule has 0 spiro atoms. The number of fused-ring (bicyclic) bond motifs is 1. The molecule has 1 saturated heterocycles. The van der Waals surface area contributed by atoms with Gasteiger partial charge in [0.05, 0.1) is 6.17 Å². The van der Waals surface area contributed by atoms with Crippen LogP contribution in [0.25, 0.3) is 0 Å². The van der Waals surface area contributed by atoms with Crippen LogP contribution in [0.3, 0.4) is 0 Å². The minimum Gasteiger partial charge on any atom is -0.486 e. The Kier molecular flexibility index (Phi) is 6.73. The van der Waals surface area contributed by atoms with Gasteiger partial charge in [0.15, 0.2) is 11.5 Å². The number of benzene rings is 1. The van der Waals surface area contributed by atoms with E-state index in [-0.39, 0.29) is 24.5 Å². The second-order valence-corrected chi connectivity index (χ2v) is 7.17. The first kappa shape index (κ1) is 19.7. The number of hydrogen-bond donors (Lipinski definition) is 5. The van der Waals surface area contributed by atoms with Crippen LogP contribution in [0.4, 0.5) is 10.5 Å². The minimum atomic E-state index is -0.317. The van der Waals surface area contributed by atoms with E-state index >= 15 is 0 Å². The molecule has 9 nitrogen and oxygen atoms in total. The largest absolute Gasteiger partial charge is 0.486 e. The first-order valence-electron chi connectivity index (χ1n) is 9.37. The summed E-state index contributed by atoms with van der Waals surface area (Å²) in [5.74, 6) is 1.34. The number of amides is 2. The average molecular weight is 378 g/mol. The number of urea groups is 1. The van der Waals surface area contributed by atoms with Crippen molar-refractivity contribution in [3.8, 4) is 11.5 Å². The Hall–Kier alpha value is -2.07. The van der Waals surface area contributed by atoms with Gasteiger partial charge in [-0.3, -0.25) is 10.6 Å². The Balaban J connectivity index is 1.49. The highest BCUT2D eigenvalue weighted by Gasteiger charge is 2.25. The molecule has 0 radical (unpaired) electrons. The molecular formula is C18H30N6O3. The number of nitrogens with one attached hydrogen (secondary N) is 5. The normalized spacial score (nSPS) is 24.5. The van der Waals surface area contributed by atoms with E-state index in [1.54, 1.807) is 18.2 Å². The molecule has 0 aromatic heterocycles. The van der Waals surface area contributed by atoms with Crippen molar-refractivity contribution in [3.63, 3.8) is 0 Å². The molecule has 0 bridgehead atoms. The maximum atomic E-state index is 12.4. The third kappa shape index (κ3) is 5.96. The Morgan fingerprint density at radius 3 is 2.78 bits per heavy atom. The minimum absolute atomic E-state index is 0.140. The zero-order valence-electron chi connectivity index (χ0n) is 16.2. The Bertz CT molecular complexity index is 642. The predicted octanol–water partition coefficient (Wildman–Crippen LogP) is 0.312. The van der Waals surface area contributed by atoms with Crippen molar-refractivity contribution in [2.24, 2.45) is 0 Å². The van der Waals surface area contributed by atoms with Crippen molar-refractivity contribution in [1.82, 2.24) is 26.2 Å². The smallest absolute Gasteiger partial charge is 0.321 e. The summed E-state index contributed by atoms with van der Waals surface area (Å²) in [6.45, 7) is 5.00. The van der Waals surface area contributed by atoms with E-state index in [4.69, 9.17) is 9.47 Å². The van der Waals surface area contributed by atoms with Gasteiger partial charge in [-0.1, -0.05) is 0 Å². The van der Waals surface area contributed by atoms with Crippen molar-refractivity contribution in [3.05, 3.63) is 18.2 Å². The highest BCUT2D eigenvalue weighted by molar-refractivity contribution is 5.89. The van der Waals surface area contributed by atoms with Gasteiger partial charge in [-0.15, -0.1) is 0 Å². The number of hydrogen-bond acceptors (Lipinski definition) is 7.